The second kappa shape index (κ2) is 8.50. The Morgan fingerprint density at radius 3 is 2.74 bits per heavy atom. The summed E-state index contributed by atoms with van der Waals surface area (Å²) < 4.78 is 12.1. The van der Waals surface area contributed by atoms with E-state index in [9.17, 15) is 9.59 Å². The maximum atomic E-state index is 13.2. The Balaban J connectivity index is 1.76. The van der Waals surface area contributed by atoms with Gasteiger partial charge < -0.3 is 19.8 Å². The molecule has 1 aromatic carbocycles. The van der Waals surface area contributed by atoms with E-state index in [2.05, 4.69) is 15.3 Å². The average molecular weight is 475 g/mol. The minimum absolute atomic E-state index is 0.136. The molecule has 0 aliphatic rings. The fourth-order valence-electron chi connectivity index (χ4n) is 2.93. The van der Waals surface area contributed by atoms with E-state index in [0.29, 0.717) is 31.6 Å². The number of hydrogen-bond donors (Lipinski definition) is 2. The van der Waals surface area contributed by atoms with Crippen LogP contribution in [0.1, 0.15) is 9.67 Å². The summed E-state index contributed by atoms with van der Waals surface area (Å²) in [5, 5.41) is 3.27. The van der Waals surface area contributed by atoms with Crippen molar-refractivity contribution in [2.45, 2.75) is 0 Å². The minimum atomic E-state index is -0.398. The molecule has 0 saturated carbocycles. The van der Waals surface area contributed by atoms with Crippen molar-refractivity contribution < 1.29 is 14.3 Å². The molecule has 31 heavy (non-hydrogen) atoms. The summed E-state index contributed by atoms with van der Waals surface area (Å²) >= 11 is 12.4. The number of H-pyrrole nitrogens is 1. The van der Waals surface area contributed by atoms with Crippen molar-refractivity contribution in [1.29, 1.82) is 0 Å². The molecule has 0 spiro atoms. The molecule has 0 saturated heterocycles. The van der Waals surface area contributed by atoms with E-state index < -0.39 is 5.56 Å². The van der Waals surface area contributed by atoms with Crippen molar-refractivity contribution in [2.24, 2.45) is 0 Å². The number of carbonyl (C=O) groups is 1. The lowest BCUT2D eigenvalue weighted by atomic mass is 10.3. The monoisotopic (exact) mass is 474 g/mol. The highest BCUT2D eigenvalue weighted by molar-refractivity contribution is 7.71. The number of methoxy groups -OCH3 is 2. The average Bonchev–Trinajstić information content (AvgIpc) is 3.18. The van der Waals surface area contributed by atoms with Gasteiger partial charge in [0.2, 0.25) is 0 Å². The molecule has 2 N–H and O–H groups in total. The molecule has 8 nitrogen and oxygen atoms in total. The molecule has 0 fully saturated rings. The predicted octanol–water partition coefficient (Wildman–Crippen LogP) is 4.43. The molecule has 158 valence electrons. The first kappa shape index (κ1) is 21.0. The lowest BCUT2D eigenvalue weighted by molar-refractivity contribution is 0.103. The maximum absolute atomic E-state index is 13.2. The third-order valence-electron chi connectivity index (χ3n) is 4.33. The van der Waals surface area contributed by atoms with Gasteiger partial charge in [-0.15, -0.1) is 11.3 Å². The highest BCUT2D eigenvalue weighted by atomic mass is 35.5. The first-order valence-corrected chi connectivity index (χ1v) is 10.5. The Morgan fingerprint density at radius 1 is 1.23 bits per heavy atom. The summed E-state index contributed by atoms with van der Waals surface area (Å²) in [6.07, 6.45) is 0. The fourth-order valence-corrected chi connectivity index (χ4v) is 4.35. The highest BCUT2D eigenvalue weighted by Crippen LogP contribution is 2.27. The SMILES string of the molecule is COc1ccc(-n2c(=S)[nH]c3cc(C(=O)Nc4cccc(Cl)c4)sc3c2=O)nc1OC. The first-order valence-electron chi connectivity index (χ1n) is 8.86. The van der Waals surface area contributed by atoms with E-state index in [0.717, 1.165) is 11.3 Å². The third kappa shape index (κ3) is 4.05. The topological polar surface area (TPSA) is 98.2 Å². The number of anilines is 1. The second-order valence-electron chi connectivity index (χ2n) is 6.27. The molecule has 4 rings (SSSR count). The van der Waals surface area contributed by atoms with E-state index in [1.807, 2.05) is 0 Å². The molecule has 0 radical (unpaired) electrons. The van der Waals surface area contributed by atoms with Crippen LogP contribution in [0, 0.1) is 4.77 Å². The number of aromatic nitrogens is 3. The smallest absolute Gasteiger partial charge is 0.278 e. The number of nitrogens with zero attached hydrogens (tertiary/aromatic N) is 2. The van der Waals surface area contributed by atoms with Gasteiger partial charge in [0.25, 0.3) is 17.3 Å². The summed E-state index contributed by atoms with van der Waals surface area (Å²) in [4.78, 5) is 33.5. The van der Waals surface area contributed by atoms with Gasteiger partial charge in [0, 0.05) is 10.7 Å². The predicted molar refractivity (Wildman–Crippen MR) is 123 cm³/mol. The van der Waals surface area contributed by atoms with Gasteiger partial charge in [-0.1, -0.05) is 17.7 Å². The van der Waals surface area contributed by atoms with E-state index in [1.165, 1.54) is 18.8 Å². The van der Waals surface area contributed by atoms with Gasteiger partial charge in [-0.05, 0) is 48.6 Å². The highest BCUT2D eigenvalue weighted by Gasteiger charge is 2.17. The van der Waals surface area contributed by atoms with Crippen molar-refractivity contribution in [1.82, 2.24) is 14.5 Å². The summed E-state index contributed by atoms with van der Waals surface area (Å²) in [5.74, 6) is 0.544. The van der Waals surface area contributed by atoms with E-state index in [-0.39, 0.29) is 22.4 Å². The zero-order chi connectivity index (χ0) is 22.1. The Hall–Kier alpha value is -3.21. The van der Waals surface area contributed by atoms with Crippen molar-refractivity contribution in [3.8, 4) is 17.4 Å². The number of carbonyl (C=O) groups excluding carboxylic acids is 1. The van der Waals surface area contributed by atoms with Crippen LogP contribution in [0.3, 0.4) is 0 Å². The number of hydrogen-bond acceptors (Lipinski definition) is 7. The number of benzene rings is 1. The van der Waals surface area contributed by atoms with Crippen LogP contribution in [0.15, 0.2) is 47.3 Å². The molecule has 0 bridgehead atoms. The fraction of sp³-hybridized carbons (Fsp3) is 0.100. The van der Waals surface area contributed by atoms with Gasteiger partial charge in [-0.25, -0.2) is 4.57 Å². The first-order chi connectivity index (χ1) is 14.9. The lowest BCUT2D eigenvalue weighted by Crippen LogP contribution is -2.20. The van der Waals surface area contributed by atoms with E-state index in [1.54, 1.807) is 42.5 Å². The van der Waals surface area contributed by atoms with Crippen molar-refractivity contribution in [3.05, 3.63) is 67.5 Å². The number of nitrogens with one attached hydrogen (secondary N) is 2. The summed E-state index contributed by atoms with van der Waals surface area (Å²) in [6, 6.07) is 11.6. The molecule has 0 unspecified atom stereocenters. The van der Waals surface area contributed by atoms with Crippen LogP contribution in [0.2, 0.25) is 5.02 Å². The van der Waals surface area contributed by atoms with Gasteiger partial charge in [-0.2, -0.15) is 4.98 Å². The van der Waals surface area contributed by atoms with Gasteiger partial charge in [0.15, 0.2) is 10.5 Å². The van der Waals surface area contributed by atoms with Crippen molar-refractivity contribution in [3.63, 3.8) is 0 Å². The normalized spacial score (nSPS) is 10.8. The molecule has 4 aromatic rings. The van der Waals surface area contributed by atoms with Gasteiger partial charge in [0.05, 0.1) is 24.6 Å². The molecule has 1 amide bonds. The van der Waals surface area contributed by atoms with Crippen molar-refractivity contribution in [2.75, 3.05) is 19.5 Å². The third-order valence-corrected chi connectivity index (χ3v) is 5.97. The molecule has 11 heteroatoms. The van der Waals surface area contributed by atoms with Crippen LogP contribution in [-0.2, 0) is 0 Å². The quantitative estimate of drug-likeness (QED) is 0.415. The van der Waals surface area contributed by atoms with Crippen LogP contribution in [0.4, 0.5) is 5.69 Å². The zero-order valence-electron chi connectivity index (χ0n) is 16.3. The number of thiophene rings is 1. The number of amides is 1. The molecule has 0 aliphatic carbocycles. The molecule has 0 aliphatic heterocycles. The molecule has 3 heterocycles. The molecular weight excluding hydrogens is 460 g/mol. The van der Waals surface area contributed by atoms with Gasteiger partial charge in [0.1, 0.15) is 10.5 Å². The molecular formula is C20H15ClN4O4S2. The second-order valence-corrected chi connectivity index (χ2v) is 8.14. The Bertz CT molecular complexity index is 1430. The van der Waals surface area contributed by atoms with Crippen molar-refractivity contribution >= 4 is 57.0 Å². The Kier molecular flexibility index (Phi) is 5.77. The number of rotatable bonds is 5. The largest absolute Gasteiger partial charge is 0.491 e. The maximum Gasteiger partial charge on any atom is 0.278 e. The number of aromatic amines is 1. The zero-order valence-corrected chi connectivity index (χ0v) is 18.7. The van der Waals surface area contributed by atoms with Crippen LogP contribution in [0.5, 0.6) is 11.6 Å². The number of halogens is 1. The van der Waals surface area contributed by atoms with Crippen LogP contribution >= 0.6 is 35.2 Å². The number of pyridine rings is 1. The molecule has 3 aromatic heterocycles. The summed E-state index contributed by atoms with van der Waals surface area (Å²) in [6.45, 7) is 0. The molecule has 0 atom stereocenters. The van der Waals surface area contributed by atoms with E-state index >= 15 is 0 Å². The number of fused-ring (bicyclic) bond motifs is 1. The van der Waals surface area contributed by atoms with Crippen LogP contribution in [0.25, 0.3) is 16.0 Å². The van der Waals surface area contributed by atoms with Gasteiger partial charge >= 0.3 is 0 Å². The standard InChI is InChI=1S/C20H15ClN4O4S2/c1-28-13-6-7-15(24-18(13)29-2)25-19(27)16-12(23-20(25)30)9-14(31-16)17(26)22-11-5-3-4-10(21)8-11/h3-9H,1-2H3,(H,22,26)(H,23,30). The lowest BCUT2D eigenvalue weighted by Gasteiger charge is -2.10. The minimum Gasteiger partial charge on any atom is -0.491 e. The van der Waals surface area contributed by atoms with Crippen LogP contribution in [-0.4, -0.2) is 34.7 Å². The van der Waals surface area contributed by atoms with Gasteiger partial charge in [-0.3, -0.25) is 9.59 Å². The summed E-state index contributed by atoms with van der Waals surface area (Å²) in [7, 11) is 2.94. The Labute approximate surface area is 190 Å². The number of ether oxygens (including phenoxy) is 2. The summed E-state index contributed by atoms with van der Waals surface area (Å²) in [5.41, 5.74) is 0.619. The van der Waals surface area contributed by atoms with Crippen LogP contribution < -0.4 is 20.3 Å². The van der Waals surface area contributed by atoms with E-state index in [4.69, 9.17) is 33.3 Å². The Morgan fingerprint density at radius 2 is 2.03 bits per heavy atom.